The van der Waals surface area contributed by atoms with Crippen LogP contribution in [0.1, 0.15) is 24.1 Å². The number of pyridine rings is 1. The van der Waals surface area contributed by atoms with E-state index in [1.165, 1.54) is 10.5 Å². The van der Waals surface area contributed by atoms with E-state index in [-0.39, 0.29) is 17.5 Å². The lowest BCUT2D eigenvalue weighted by molar-refractivity contribution is 0.0674. The fraction of sp³-hybridized carbons (Fsp3) is 0.333. The van der Waals surface area contributed by atoms with Crippen molar-refractivity contribution in [3.8, 4) is 0 Å². The molecular weight excluding hydrogens is 345 g/mol. The molecule has 0 unspecified atom stereocenters. The highest BCUT2D eigenvalue weighted by atomic mass is 19.1. The van der Waals surface area contributed by atoms with Crippen LogP contribution in [0.2, 0.25) is 0 Å². The minimum atomic E-state index is -0.244. The molecule has 1 aliphatic heterocycles. The first-order valence-electron chi connectivity index (χ1n) is 9.23. The summed E-state index contributed by atoms with van der Waals surface area (Å²) in [6.07, 6.45) is 3.97. The fourth-order valence-corrected chi connectivity index (χ4v) is 3.57. The predicted octanol–water partition coefficient (Wildman–Crippen LogP) is 3.01. The van der Waals surface area contributed by atoms with Crippen LogP contribution in [0.25, 0.3) is 5.65 Å². The van der Waals surface area contributed by atoms with Crippen LogP contribution in [0.5, 0.6) is 0 Å². The lowest BCUT2D eigenvalue weighted by atomic mass is 10.1. The van der Waals surface area contributed by atoms with Gasteiger partial charge in [0, 0.05) is 38.5 Å². The van der Waals surface area contributed by atoms with Crippen LogP contribution < -0.4 is 5.56 Å². The van der Waals surface area contributed by atoms with Crippen molar-refractivity contribution in [2.24, 2.45) is 0 Å². The van der Waals surface area contributed by atoms with Crippen LogP contribution in [0, 0.1) is 5.82 Å². The SMILES string of the molecule is O=c1cc(CN(Cc2cccc(F)c2)C[C@H]2CCCO2)nc2ccccn12. The summed E-state index contributed by atoms with van der Waals surface area (Å²) in [5, 5.41) is 0. The second-order valence-corrected chi connectivity index (χ2v) is 6.95. The van der Waals surface area contributed by atoms with E-state index in [2.05, 4.69) is 9.88 Å². The van der Waals surface area contributed by atoms with E-state index >= 15 is 0 Å². The molecule has 1 atom stereocenters. The molecule has 5 nitrogen and oxygen atoms in total. The van der Waals surface area contributed by atoms with E-state index in [0.717, 1.165) is 31.6 Å². The summed E-state index contributed by atoms with van der Waals surface area (Å²) >= 11 is 0. The Hall–Kier alpha value is -2.57. The quantitative estimate of drug-likeness (QED) is 0.672. The van der Waals surface area contributed by atoms with Gasteiger partial charge < -0.3 is 4.74 Å². The van der Waals surface area contributed by atoms with Gasteiger partial charge in [0.2, 0.25) is 0 Å². The first-order chi connectivity index (χ1) is 13.2. The Bertz CT molecular complexity index is 982. The Balaban J connectivity index is 1.58. The van der Waals surface area contributed by atoms with Gasteiger partial charge in [0.15, 0.2) is 0 Å². The number of aromatic nitrogens is 2. The van der Waals surface area contributed by atoms with Gasteiger partial charge in [-0.25, -0.2) is 9.37 Å². The molecule has 3 aromatic rings. The topological polar surface area (TPSA) is 46.8 Å². The zero-order chi connectivity index (χ0) is 18.6. The monoisotopic (exact) mass is 367 g/mol. The lowest BCUT2D eigenvalue weighted by Crippen LogP contribution is -2.32. The van der Waals surface area contributed by atoms with Gasteiger partial charge in [-0.3, -0.25) is 14.1 Å². The number of halogens is 1. The van der Waals surface area contributed by atoms with Crippen LogP contribution in [0.4, 0.5) is 4.39 Å². The normalized spacial score (nSPS) is 17.0. The van der Waals surface area contributed by atoms with Crippen LogP contribution in [0.15, 0.2) is 59.5 Å². The Labute approximate surface area is 157 Å². The fourth-order valence-electron chi connectivity index (χ4n) is 3.57. The van der Waals surface area contributed by atoms with Crippen LogP contribution >= 0.6 is 0 Å². The Kier molecular flexibility index (Phi) is 5.27. The van der Waals surface area contributed by atoms with Crippen LogP contribution in [-0.2, 0) is 17.8 Å². The van der Waals surface area contributed by atoms with Gasteiger partial charge >= 0.3 is 0 Å². The zero-order valence-corrected chi connectivity index (χ0v) is 15.1. The first kappa shape index (κ1) is 17.8. The maximum atomic E-state index is 13.6. The molecule has 0 radical (unpaired) electrons. The van der Waals surface area contributed by atoms with Gasteiger partial charge in [0.1, 0.15) is 11.5 Å². The van der Waals surface area contributed by atoms with E-state index < -0.39 is 0 Å². The number of rotatable bonds is 6. The molecule has 1 saturated heterocycles. The van der Waals surface area contributed by atoms with Crippen LogP contribution in [0.3, 0.4) is 0 Å². The highest BCUT2D eigenvalue weighted by Gasteiger charge is 2.20. The molecule has 27 heavy (non-hydrogen) atoms. The first-order valence-corrected chi connectivity index (χ1v) is 9.23. The second-order valence-electron chi connectivity index (χ2n) is 6.95. The highest BCUT2D eigenvalue weighted by molar-refractivity contribution is 5.38. The number of hydrogen-bond donors (Lipinski definition) is 0. The molecule has 4 rings (SSSR count). The van der Waals surface area contributed by atoms with Crippen molar-refractivity contribution in [1.29, 1.82) is 0 Å². The molecular formula is C21H22FN3O2. The van der Waals surface area contributed by atoms with Gasteiger partial charge in [0.05, 0.1) is 11.8 Å². The minimum Gasteiger partial charge on any atom is -0.377 e. The summed E-state index contributed by atoms with van der Waals surface area (Å²) in [5.41, 5.74) is 2.13. The summed E-state index contributed by atoms with van der Waals surface area (Å²) in [7, 11) is 0. The summed E-state index contributed by atoms with van der Waals surface area (Å²) in [6, 6.07) is 13.7. The smallest absolute Gasteiger partial charge is 0.258 e. The molecule has 0 amide bonds. The molecule has 1 aliphatic rings. The van der Waals surface area contributed by atoms with Crippen molar-refractivity contribution in [3.63, 3.8) is 0 Å². The molecule has 1 aromatic carbocycles. The second kappa shape index (κ2) is 7.98. The number of nitrogens with zero attached hydrogens (tertiary/aromatic N) is 3. The maximum absolute atomic E-state index is 13.6. The van der Waals surface area contributed by atoms with E-state index in [0.29, 0.717) is 24.4 Å². The molecule has 3 heterocycles. The molecule has 1 fully saturated rings. The number of hydrogen-bond acceptors (Lipinski definition) is 4. The van der Waals surface area contributed by atoms with Crippen molar-refractivity contribution in [3.05, 3.63) is 82.2 Å². The summed E-state index contributed by atoms with van der Waals surface area (Å²) in [5.74, 6) is -0.244. The maximum Gasteiger partial charge on any atom is 0.258 e. The zero-order valence-electron chi connectivity index (χ0n) is 15.1. The average Bonchev–Trinajstić information content (AvgIpc) is 3.15. The number of benzene rings is 1. The van der Waals surface area contributed by atoms with Gasteiger partial charge in [-0.15, -0.1) is 0 Å². The third kappa shape index (κ3) is 4.40. The van der Waals surface area contributed by atoms with Crippen molar-refractivity contribution in [2.45, 2.75) is 32.0 Å². The van der Waals surface area contributed by atoms with E-state index in [9.17, 15) is 9.18 Å². The van der Waals surface area contributed by atoms with Gasteiger partial charge in [-0.2, -0.15) is 0 Å². The van der Waals surface area contributed by atoms with Gasteiger partial charge in [-0.05, 0) is 42.7 Å². The summed E-state index contributed by atoms with van der Waals surface area (Å²) in [6.45, 7) is 2.60. The lowest BCUT2D eigenvalue weighted by Gasteiger charge is -2.25. The molecule has 0 bridgehead atoms. The van der Waals surface area contributed by atoms with Gasteiger partial charge in [0.25, 0.3) is 5.56 Å². The molecule has 140 valence electrons. The third-order valence-corrected chi connectivity index (χ3v) is 4.79. The molecule has 2 aromatic heterocycles. The minimum absolute atomic E-state index is 0.0987. The van der Waals surface area contributed by atoms with E-state index in [4.69, 9.17) is 4.74 Å². The van der Waals surface area contributed by atoms with E-state index in [1.54, 1.807) is 24.4 Å². The summed E-state index contributed by atoms with van der Waals surface area (Å²) < 4.78 is 20.9. The van der Waals surface area contributed by atoms with Crippen molar-refractivity contribution in [1.82, 2.24) is 14.3 Å². The van der Waals surface area contributed by atoms with Crippen LogP contribution in [-0.4, -0.2) is 33.5 Å². The average molecular weight is 367 g/mol. The molecule has 0 aliphatic carbocycles. The van der Waals surface area contributed by atoms with Crippen molar-refractivity contribution < 1.29 is 9.13 Å². The van der Waals surface area contributed by atoms with E-state index in [1.807, 2.05) is 24.3 Å². The predicted molar refractivity (Wildman–Crippen MR) is 101 cm³/mol. The largest absolute Gasteiger partial charge is 0.377 e. The standard InChI is InChI=1S/C21H22FN3O2/c22-17-6-3-5-16(11-17)13-24(15-19-7-4-10-27-19)14-18-12-21(26)25-9-2-1-8-20(25)23-18/h1-3,5-6,8-9,11-12,19H,4,7,10,13-15H2/t19-/m1/s1. The van der Waals surface area contributed by atoms with Crippen molar-refractivity contribution >= 4 is 5.65 Å². The molecule has 6 heteroatoms. The molecule has 0 spiro atoms. The summed E-state index contributed by atoms with van der Waals surface area (Å²) in [4.78, 5) is 19.1. The highest BCUT2D eigenvalue weighted by Crippen LogP contribution is 2.17. The Morgan fingerprint density at radius 3 is 2.93 bits per heavy atom. The molecule has 0 saturated carbocycles. The van der Waals surface area contributed by atoms with Crippen molar-refractivity contribution in [2.75, 3.05) is 13.2 Å². The number of fused-ring (bicyclic) bond motifs is 1. The van der Waals surface area contributed by atoms with Gasteiger partial charge in [-0.1, -0.05) is 18.2 Å². The Morgan fingerprint density at radius 1 is 1.19 bits per heavy atom. The molecule has 0 N–H and O–H groups in total. The third-order valence-electron chi connectivity index (χ3n) is 4.79. The number of ether oxygens (including phenoxy) is 1. The Morgan fingerprint density at radius 2 is 2.11 bits per heavy atom.